The van der Waals surface area contributed by atoms with Gasteiger partial charge in [-0.15, -0.1) is 5.10 Å². The molecule has 0 spiro atoms. The molecular weight excluding hydrogens is 264 g/mol. The van der Waals surface area contributed by atoms with Crippen molar-refractivity contribution in [3.8, 4) is 0 Å². The summed E-state index contributed by atoms with van der Waals surface area (Å²) in [5.41, 5.74) is -1.13. The van der Waals surface area contributed by atoms with Crippen molar-refractivity contribution in [1.29, 1.82) is 0 Å². The first kappa shape index (κ1) is 14.4. The summed E-state index contributed by atoms with van der Waals surface area (Å²) in [7, 11) is 1.57. The summed E-state index contributed by atoms with van der Waals surface area (Å²) >= 11 is 0. The molecule has 0 unspecified atom stereocenters. The number of likely N-dealkylation sites (N-methyl/N-ethyl adjacent to an activating group) is 1. The third-order valence-corrected chi connectivity index (χ3v) is 3.47. The highest BCUT2D eigenvalue weighted by Crippen LogP contribution is 2.39. The number of aliphatic carboxylic acids is 1. The molecule has 0 atom stereocenters. The number of carboxylic acid groups (broad SMARTS) is 1. The van der Waals surface area contributed by atoms with Gasteiger partial charge in [-0.05, 0) is 33.7 Å². The van der Waals surface area contributed by atoms with Gasteiger partial charge in [-0.1, -0.05) is 5.10 Å². The monoisotopic (exact) mass is 282 g/mol. The van der Waals surface area contributed by atoms with Crippen LogP contribution >= 0.6 is 0 Å². The molecule has 2 N–H and O–H groups in total. The smallest absolute Gasteiger partial charge is 0.323 e. The van der Waals surface area contributed by atoms with Crippen LogP contribution < -0.4 is 5.32 Å². The Morgan fingerprint density at radius 1 is 1.45 bits per heavy atom. The van der Waals surface area contributed by atoms with E-state index in [1.54, 1.807) is 7.05 Å². The van der Waals surface area contributed by atoms with Gasteiger partial charge in [-0.25, -0.2) is 0 Å². The van der Waals surface area contributed by atoms with Crippen LogP contribution in [0, 0.1) is 0 Å². The third-order valence-electron chi connectivity index (χ3n) is 3.47. The van der Waals surface area contributed by atoms with E-state index in [-0.39, 0.29) is 12.6 Å². The lowest BCUT2D eigenvalue weighted by Gasteiger charge is -2.30. The Morgan fingerprint density at radius 2 is 2.10 bits per heavy atom. The van der Waals surface area contributed by atoms with Crippen LogP contribution in [0.2, 0.25) is 0 Å². The number of hydrogen-bond donors (Lipinski definition) is 2. The maximum atomic E-state index is 11.8. The summed E-state index contributed by atoms with van der Waals surface area (Å²) < 4.78 is 5.30. The Hall–Kier alpha value is -1.96. The SMILES string of the molecule is CN(CC(=O)Nc1nnc(C2CC2)o1)C(C)(C)C(=O)O. The van der Waals surface area contributed by atoms with Crippen LogP contribution in [0.25, 0.3) is 0 Å². The average molecular weight is 282 g/mol. The standard InChI is InChI=1S/C12H18N4O4/c1-12(2,10(18)19)16(3)6-8(17)13-11-15-14-9(20-11)7-4-5-7/h7H,4-6H2,1-3H3,(H,18,19)(H,13,15,17). The molecule has 1 aliphatic rings. The van der Waals surface area contributed by atoms with Gasteiger partial charge in [0.1, 0.15) is 5.54 Å². The number of hydrogen-bond acceptors (Lipinski definition) is 6. The number of aromatic nitrogens is 2. The second-order valence-electron chi connectivity index (χ2n) is 5.49. The Balaban J connectivity index is 1.89. The molecule has 0 bridgehead atoms. The van der Waals surface area contributed by atoms with Gasteiger partial charge in [0, 0.05) is 5.92 Å². The van der Waals surface area contributed by atoms with Crippen LogP contribution in [-0.2, 0) is 9.59 Å². The van der Waals surface area contributed by atoms with Crippen LogP contribution in [0.5, 0.6) is 0 Å². The molecule has 1 amide bonds. The normalized spacial score (nSPS) is 15.4. The maximum Gasteiger partial charge on any atom is 0.323 e. The first-order valence-corrected chi connectivity index (χ1v) is 6.38. The molecule has 0 radical (unpaired) electrons. The van der Waals surface area contributed by atoms with Crippen LogP contribution in [0.3, 0.4) is 0 Å². The van der Waals surface area contributed by atoms with Crippen molar-refractivity contribution in [2.75, 3.05) is 18.9 Å². The minimum absolute atomic E-state index is 0.0541. The quantitative estimate of drug-likeness (QED) is 0.789. The van der Waals surface area contributed by atoms with Gasteiger partial charge >= 0.3 is 12.0 Å². The molecule has 1 heterocycles. The highest BCUT2D eigenvalue weighted by Gasteiger charge is 2.33. The van der Waals surface area contributed by atoms with E-state index in [0.29, 0.717) is 11.8 Å². The second-order valence-corrected chi connectivity index (χ2v) is 5.49. The first-order chi connectivity index (χ1) is 9.30. The zero-order valence-corrected chi connectivity index (χ0v) is 11.7. The molecule has 20 heavy (non-hydrogen) atoms. The van der Waals surface area contributed by atoms with Crippen molar-refractivity contribution in [1.82, 2.24) is 15.1 Å². The Morgan fingerprint density at radius 3 is 2.65 bits per heavy atom. The second kappa shape index (κ2) is 5.20. The number of anilines is 1. The van der Waals surface area contributed by atoms with Crippen molar-refractivity contribution < 1.29 is 19.1 Å². The van der Waals surface area contributed by atoms with Gasteiger partial charge < -0.3 is 9.52 Å². The Labute approximate surface area is 116 Å². The van der Waals surface area contributed by atoms with Gasteiger partial charge in [0.25, 0.3) is 0 Å². The molecule has 1 fully saturated rings. The predicted molar refractivity (Wildman–Crippen MR) is 69.2 cm³/mol. The van der Waals surface area contributed by atoms with Crippen molar-refractivity contribution in [2.45, 2.75) is 38.1 Å². The summed E-state index contributed by atoms with van der Waals surface area (Å²) in [6, 6.07) is 0.0541. The predicted octanol–water partition coefficient (Wildman–Crippen LogP) is 0.680. The molecule has 1 saturated carbocycles. The summed E-state index contributed by atoms with van der Waals surface area (Å²) in [4.78, 5) is 24.3. The molecule has 0 saturated heterocycles. The van der Waals surface area contributed by atoms with Gasteiger partial charge in [-0.3, -0.25) is 19.8 Å². The Bertz CT molecular complexity index is 521. The van der Waals surface area contributed by atoms with Crippen molar-refractivity contribution in [2.24, 2.45) is 0 Å². The number of rotatable bonds is 6. The molecule has 2 rings (SSSR count). The summed E-state index contributed by atoms with van der Waals surface area (Å²) in [6.07, 6.45) is 2.07. The van der Waals surface area contributed by atoms with E-state index in [0.717, 1.165) is 12.8 Å². The van der Waals surface area contributed by atoms with Crippen LogP contribution in [0.4, 0.5) is 6.01 Å². The van der Waals surface area contributed by atoms with Gasteiger partial charge in [0.15, 0.2) is 0 Å². The van der Waals surface area contributed by atoms with E-state index in [2.05, 4.69) is 15.5 Å². The van der Waals surface area contributed by atoms with Gasteiger partial charge in [-0.2, -0.15) is 0 Å². The number of amides is 1. The van der Waals surface area contributed by atoms with Crippen LogP contribution in [0.15, 0.2) is 4.42 Å². The lowest BCUT2D eigenvalue weighted by molar-refractivity contribution is -0.148. The molecule has 8 heteroatoms. The van der Waals surface area contributed by atoms with E-state index in [9.17, 15) is 9.59 Å². The molecular formula is C12H18N4O4. The molecule has 0 aromatic carbocycles. The largest absolute Gasteiger partial charge is 0.480 e. The Kier molecular flexibility index (Phi) is 3.76. The molecule has 110 valence electrons. The fourth-order valence-electron chi connectivity index (χ4n) is 1.52. The number of nitrogens with one attached hydrogen (secondary N) is 1. The fraction of sp³-hybridized carbons (Fsp3) is 0.667. The van der Waals surface area contributed by atoms with Gasteiger partial charge in [0.05, 0.1) is 6.54 Å². The van der Waals surface area contributed by atoms with E-state index < -0.39 is 17.4 Å². The number of carbonyl (C=O) groups excluding carboxylic acids is 1. The van der Waals surface area contributed by atoms with Crippen molar-refractivity contribution in [3.63, 3.8) is 0 Å². The van der Waals surface area contributed by atoms with Gasteiger partial charge in [0.2, 0.25) is 11.8 Å². The third kappa shape index (κ3) is 3.13. The minimum Gasteiger partial charge on any atom is -0.480 e. The molecule has 1 aliphatic carbocycles. The summed E-state index contributed by atoms with van der Waals surface area (Å²) in [5, 5.41) is 19.1. The minimum atomic E-state index is -1.13. The van der Waals surface area contributed by atoms with E-state index in [4.69, 9.17) is 9.52 Å². The highest BCUT2D eigenvalue weighted by atomic mass is 16.4. The lowest BCUT2D eigenvalue weighted by atomic mass is 10.0. The zero-order valence-electron chi connectivity index (χ0n) is 11.7. The zero-order chi connectivity index (χ0) is 14.9. The van der Waals surface area contributed by atoms with Crippen LogP contribution in [-0.4, -0.2) is 51.2 Å². The van der Waals surface area contributed by atoms with Crippen LogP contribution in [0.1, 0.15) is 38.5 Å². The first-order valence-electron chi connectivity index (χ1n) is 6.38. The molecule has 1 aromatic rings. The summed E-state index contributed by atoms with van der Waals surface area (Å²) in [5.74, 6) is -0.532. The fourth-order valence-corrected chi connectivity index (χ4v) is 1.52. The maximum absolute atomic E-state index is 11.8. The lowest BCUT2D eigenvalue weighted by Crippen LogP contribution is -2.50. The molecule has 8 nitrogen and oxygen atoms in total. The number of nitrogens with zero attached hydrogens (tertiary/aromatic N) is 3. The van der Waals surface area contributed by atoms with E-state index in [1.165, 1.54) is 18.7 Å². The van der Waals surface area contributed by atoms with Crippen molar-refractivity contribution in [3.05, 3.63) is 5.89 Å². The molecule has 1 aromatic heterocycles. The topological polar surface area (TPSA) is 109 Å². The highest BCUT2D eigenvalue weighted by molar-refractivity contribution is 5.90. The van der Waals surface area contributed by atoms with Crippen molar-refractivity contribution >= 4 is 17.9 Å². The summed E-state index contributed by atoms with van der Waals surface area (Å²) in [6.45, 7) is 2.97. The number of carbonyl (C=O) groups is 2. The number of carboxylic acids is 1. The van der Waals surface area contributed by atoms with E-state index in [1.807, 2.05) is 0 Å². The average Bonchev–Trinajstić information content (AvgIpc) is 3.10. The van der Waals surface area contributed by atoms with E-state index >= 15 is 0 Å². The molecule has 0 aliphatic heterocycles.